The van der Waals surface area contributed by atoms with Crippen LogP contribution in [0.15, 0.2) is 97.2 Å². The maximum absolute atomic E-state index is 12.6. The first kappa shape index (κ1) is 40.8. The highest BCUT2D eigenvalue weighted by Crippen LogP contribution is 2.16. The minimum Gasteiger partial charge on any atom is -0.507 e. The van der Waals surface area contributed by atoms with E-state index in [1.165, 1.54) is 12.1 Å². The van der Waals surface area contributed by atoms with E-state index in [9.17, 15) is 29.7 Å². The molecule has 0 saturated heterocycles. The Morgan fingerprint density at radius 2 is 1.30 bits per heavy atom. The summed E-state index contributed by atoms with van der Waals surface area (Å²) in [6.07, 6.45) is 32.5. The van der Waals surface area contributed by atoms with Gasteiger partial charge < -0.3 is 30.7 Å². The zero-order valence-electron chi connectivity index (χ0n) is 27.8. The van der Waals surface area contributed by atoms with Crippen LogP contribution in [0.4, 0.5) is 0 Å². The molecule has 1 rings (SSSR count). The average molecular weight is 651 g/mol. The van der Waals surface area contributed by atoms with Gasteiger partial charge in [-0.25, -0.2) is 4.79 Å². The second-order valence-electron chi connectivity index (χ2n) is 10.8. The van der Waals surface area contributed by atoms with Gasteiger partial charge in [-0.2, -0.15) is 0 Å². The quantitative estimate of drug-likeness (QED) is 0.0485. The molecule has 0 aliphatic heterocycles. The van der Waals surface area contributed by atoms with Crippen molar-refractivity contribution < 1.29 is 34.4 Å². The Kier molecular flexibility index (Phi) is 24.4. The van der Waals surface area contributed by atoms with Crippen LogP contribution in [0.2, 0.25) is 0 Å². The van der Waals surface area contributed by atoms with E-state index in [0.717, 1.165) is 38.5 Å². The smallest absolute Gasteiger partial charge is 0.329 e. The number of benzene rings is 1. The number of allylic oxidation sites excluding steroid dienone is 12. The van der Waals surface area contributed by atoms with Gasteiger partial charge >= 0.3 is 5.97 Å². The van der Waals surface area contributed by atoms with Crippen LogP contribution >= 0.6 is 0 Å². The van der Waals surface area contributed by atoms with Gasteiger partial charge in [0.05, 0.1) is 18.8 Å². The van der Waals surface area contributed by atoms with Crippen molar-refractivity contribution in [2.45, 2.75) is 89.7 Å². The number of aromatic hydroxyl groups is 1. The Bertz CT molecular complexity index is 1200. The minimum atomic E-state index is -1.10. The van der Waals surface area contributed by atoms with Crippen LogP contribution in [0.3, 0.4) is 0 Å². The molecule has 0 aliphatic carbocycles. The maximum atomic E-state index is 12.6. The van der Waals surface area contributed by atoms with Crippen molar-refractivity contribution in [1.82, 2.24) is 10.6 Å². The number of hydrogen-bond acceptors (Lipinski definition) is 7. The van der Waals surface area contributed by atoms with Gasteiger partial charge in [-0.15, -0.1) is 0 Å². The molecule has 9 heteroatoms. The number of carbonyl (C=O) groups excluding carboxylic acids is 3. The number of rotatable bonds is 25. The molecule has 1 atom stereocenters. The molecule has 0 saturated carbocycles. The number of aliphatic hydroxyl groups is 2. The fourth-order valence-electron chi connectivity index (χ4n) is 4.17. The monoisotopic (exact) mass is 650 g/mol. The Morgan fingerprint density at radius 3 is 1.83 bits per heavy atom. The van der Waals surface area contributed by atoms with Gasteiger partial charge in [-0.05, 0) is 76.3 Å². The Hall–Kier alpha value is -4.21. The summed E-state index contributed by atoms with van der Waals surface area (Å²) < 4.78 is 5.10. The summed E-state index contributed by atoms with van der Waals surface area (Å²) in [6, 6.07) is 4.88. The number of ether oxygens (including phenoxy) is 1. The Morgan fingerprint density at radius 1 is 0.766 bits per heavy atom. The van der Waals surface area contributed by atoms with Gasteiger partial charge in [0.15, 0.2) is 0 Å². The third-order valence-electron chi connectivity index (χ3n) is 6.80. The molecule has 0 fully saturated rings. The van der Waals surface area contributed by atoms with Gasteiger partial charge in [-0.1, -0.05) is 92.0 Å². The van der Waals surface area contributed by atoms with E-state index in [2.05, 4.69) is 78.3 Å². The number of phenols is 1. The fourth-order valence-corrected chi connectivity index (χ4v) is 4.17. The normalized spacial score (nSPS) is 12.9. The first-order valence-electron chi connectivity index (χ1n) is 16.6. The van der Waals surface area contributed by atoms with Gasteiger partial charge in [0.1, 0.15) is 17.9 Å². The number of para-hydroxylation sites is 1. The second kappa shape index (κ2) is 28.0. The molecule has 0 bridgehead atoms. The van der Waals surface area contributed by atoms with Crippen LogP contribution in [0.1, 0.15) is 87.9 Å². The number of nitrogens with one attached hydrogen (secondary N) is 2. The minimum absolute atomic E-state index is 0.00494. The Labute approximate surface area is 280 Å². The summed E-state index contributed by atoms with van der Waals surface area (Å²) in [4.78, 5) is 37.4. The summed E-state index contributed by atoms with van der Waals surface area (Å²) >= 11 is 0. The number of phenolic OH excluding ortho intramolecular Hbond substituents is 1. The highest BCUT2D eigenvalue weighted by molar-refractivity contribution is 5.98. The van der Waals surface area contributed by atoms with E-state index in [-0.39, 0.29) is 23.6 Å². The van der Waals surface area contributed by atoms with E-state index < -0.39 is 37.2 Å². The summed E-state index contributed by atoms with van der Waals surface area (Å²) in [6.45, 7) is 1.42. The summed E-state index contributed by atoms with van der Waals surface area (Å²) in [5.74, 6) is -1.76. The van der Waals surface area contributed by atoms with Crippen LogP contribution in [0.25, 0.3) is 0 Å². The SMILES string of the molecule is CC/C=C\C/C=C\C/C=C\C/C=C\C/C=C\C/C=C\CCC(=O)NCCCCC(NC(=O)c1ccccc1O)C(=O)OC(CO)CO. The molecule has 2 amide bonds. The maximum Gasteiger partial charge on any atom is 0.329 e. The van der Waals surface area contributed by atoms with E-state index in [0.29, 0.717) is 32.2 Å². The average Bonchev–Trinajstić information content (AvgIpc) is 3.07. The zero-order chi connectivity index (χ0) is 34.4. The third kappa shape index (κ3) is 21.3. The lowest BCUT2D eigenvalue weighted by atomic mass is 10.1. The van der Waals surface area contributed by atoms with Crippen LogP contribution in [0.5, 0.6) is 5.75 Å². The molecule has 0 radical (unpaired) electrons. The van der Waals surface area contributed by atoms with Crippen molar-refractivity contribution >= 4 is 17.8 Å². The number of hydrogen-bond donors (Lipinski definition) is 5. The van der Waals surface area contributed by atoms with Crippen molar-refractivity contribution in [3.8, 4) is 5.75 Å². The lowest BCUT2D eigenvalue weighted by Gasteiger charge is -2.21. The molecule has 1 unspecified atom stereocenters. The van der Waals surface area contributed by atoms with Crippen LogP contribution in [-0.2, 0) is 14.3 Å². The van der Waals surface area contributed by atoms with Crippen molar-refractivity contribution in [3.63, 3.8) is 0 Å². The van der Waals surface area contributed by atoms with Crippen molar-refractivity contribution in [2.24, 2.45) is 0 Å². The largest absolute Gasteiger partial charge is 0.507 e. The summed E-state index contributed by atoms with van der Waals surface area (Å²) in [7, 11) is 0. The van der Waals surface area contributed by atoms with Crippen LogP contribution < -0.4 is 10.6 Å². The van der Waals surface area contributed by atoms with Gasteiger partial charge in [-0.3, -0.25) is 9.59 Å². The van der Waals surface area contributed by atoms with E-state index >= 15 is 0 Å². The molecule has 9 nitrogen and oxygen atoms in total. The Balaban J connectivity index is 2.25. The molecule has 0 heterocycles. The van der Waals surface area contributed by atoms with Gasteiger partial charge in [0, 0.05) is 13.0 Å². The molecular weight excluding hydrogens is 596 g/mol. The number of unbranched alkanes of at least 4 members (excludes halogenated alkanes) is 1. The first-order chi connectivity index (χ1) is 22.9. The van der Waals surface area contributed by atoms with Crippen molar-refractivity contribution in [1.29, 1.82) is 0 Å². The van der Waals surface area contributed by atoms with E-state index in [1.807, 2.05) is 12.2 Å². The number of carbonyl (C=O) groups is 3. The molecule has 1 aromatic rings. The molecule has 0 spiro atoms. The van der Waals surface area contributed by atoms with Crippen LogP contribution in [-0.4, -0.2) is 65.0 Å². The molecule has 1 aromatic carbocycles. The summed E-state index contributed by atoms with van der Waals surface area (Å²) in [5.41, 5.74) is 0.00494. The lowest BCUT2D eigenvalue weighted by molar-refractivity contribution is -0.156. The standard InChI is InChI=1S/C38H54N2O7/c1-2-3-4-5-6-7-8-9-10-11-12-13-14-15-16-17-18-19-20-28-36(44)39-29-24-23-26-34(38(46)47-32(30-41)31-42)40-37(45)33-25-21-22-27-35(33)43/h3-4,6-7,9-10,12-13,15-16,18-19,21-22,25,27,32,34,41-43H,2,5,8,11,14,17,20,23-24,26,28-31H2,1H3,(H,39,44)(H,40,45)/b4-3-,7-6-,10-9-,13-12-,16-15-,19-18-. The van der Waals surface area contributed by atoms with Gasteiger partial charge in [0.25, 0.3) is 5.91 Å². The molecule has 0 aromatic heterocycles. The molecular formula is C38H54N2O7. The van der Waals surface area contributed by atoms with Crippen molar-refractivity contribution in [3.05, 3.63) is 103 Å². The molecule has 5 N–H and O–H groups in total. The second-order valence-corrected chi connectivity index (χ2v) is 10.8. The lowest BCUT2D eigenvalue weighted by Crippen LogP contribution is -2.44. The van der Waals surface area contributed by atoms with E-state index in [1.54, 1.807) is 12.1 Å². The van der Waals surface area contributed by atoms with Gasteiger partial charge in [0.2, 0.25) is 5.91 Å². The number of esters is 1. The zero-order valence-corrected chi connectivity index (χ0v) is 27.8. The van der Waals surface area contributed by atoms with Crippen LogP contribution in [0, 0.1) is 0 Å². The predicted molar refractivity (Wildman–Crippen MR) is 188 cm³/mol. The highest BCUT2D eigenvalue weighted by Gasteiger charge is 2.26. The third-order valence-corrected chi connectivity index (χ3v) is 6.80. The molecule has 258 valence electrons. The number of aliphatic hydroxyl groups excluding tert-OH is 2. The molecule has 47 heavy (non-hydrogen) atoms. The number of amides is 2. The highest BCUT2D eigenvalue weighted by atomic mass is 16.6. The first-order valence-corrected chi connectivity index (χ1v) is 16.6. The predicted octanol–water partition coefficient (Wildman–Crippen LogP) is 6.15. The fraction of sp³-hybridized carbons (Fsp3) is 0.447. The van der Waals surface area contributed by atoms with Crippen molar-refractivity contribution in [2.75, 3.05) is 19.8 Å². The van der Waals surface area contributed by atoms with E-state index in [4.69, 9.17) is 4.74 Å². The molecule has 0 aliphatic rings. The topological polar surface area (TPSA) is 145 Å². The summed E-state index contributed by atoms with van der Waals surface area (Å²) in [5, 5.41) is 33.9.